The summed E-state index contributed by atoms with van der Waals surface area (Å²) in [5.41, 5.74) is 2.82. The van der Waals surface area contributed by atoms with Crippen LogP contribution in [0, 0.1) is 0 Å². The minimum atomic E-state index is -3.32. The second kappa shape index (κ2) is 9.87. The highest BCUT2D eigenvalue weighted by molar-refractivity contribution is 7.88. The molecule has 0 aliphatic carbocycles. The molecule has 7 nitrogen and oxygen atoms in total. The van der Waals surface area contributed by atoms with E-state index in [0.717, 1.165) is 31.6 Å². The predicted molar refractivity (Wildman–Crippen MR) is 114 cm³/mol. The third-order valence-corrected chi connectivity index (χ3v) is 6.30. The van der Waals surface area contributed by atoms with Crippen molar-refractivity contribution in [2.24, 2.45) is 0 Å². The second-order valence-electron chi connectivity index (χ2n) is 7.32. The van der Waals surface area contributed by atoms with Crippen LogP contribution in [0.2, 0.25) is 0 Å². The maximum absolute atomic E-state index is 12.3. The van der Waals surface area contributed by atoms with E-state index < -0.39 is 10.0 Å². The highest BCUT2D eigenvalue weighted by atomic mass is 32.2. The fourth-order valence-electron chi connectivity index (χ4n) is 3.48. The number of carbonyl (C=O) groups excluding carboxylic acids is 1. The van der Waals surface area contributed by atoms with Gasteiger partial charge in [0.25, 0.3) is 0 Å². The normalized spacial score (nSPS) is 17.2. The van der Waals surface area contributed by atoms with Crippen molar-refractivity contribution in [1.82, 2.24) is 20.3 Å². The summed E-state index contributed by atoms with van der Waals surface area (Å²) in [6.45, 7) is 3.03. The summed E-state index contributed by atoms with van der Waals surface area (Å²) < 4.78 is 25.7. The SMILES string of the molecule is CNS(=O)(=O)Cc1cccc(CNC(=O)NC2CCN(Cc3ccccc3)C2)c1. The van der Waals surface area contributed by atoms with Crippen LogP contribution in [0.5, 0.6) is 0 Å². The molecule has 1 saturated heterocycles. The van der Waals surface area contributed by atoms with Crippen molar-refractivity contribution >= 4 is 16.1 Å². The molecule has 1 unspecified atom stereocenters. The number of benzene rings is 2. The third kappa shape index (κ3) is 6.85. The smallest absolute Gasteiger partial charge is 0.315 e. The zero-order chi connectivity index (χ0) is 20.7. The summed E-state index contributed by atoms with van der Waals surface area (Å²) in [4.78, 5) is 14.6. The molecule has 2 aromatic carbocycles. The van der Waals surface area contributed by atoms with Crippen molar-refractivity contribution in [3.05, 3.63) is 71.3 Å². The van der Waals surface area contributed by atoms with Gasteiger partial charge in [0.2, 0.25) is 10.0 Å². The zero-order valence-electron chi connectivity index (χ0n) is 16.6. The molecule has 1 aliphatic heterocycles. The number of nitrogens with one attached hydrogen (secondary N) is 3. The molecule has 1 fully saturated rings. The van der Waals surface area contributed by atoms with Gasteiger partial charge in [0.15, 0.2) is 0 Å². The highest BCUT2D eigenvalue weighted by Crippen LogP contribution is 2.13. The first-order chi connectivity index (χ1) is 13.9. The van der Waals surface area contributed by atoms with Gasteiger partial charge in [-0.2, -0.15) is 0 Å². The average Bonchev–Trinajstić information content (AvgIpc) is 3.14. The van der Waals surface area contributed by atoms with Crippen LogP contribution in [-0.2, 0) is 28.9 Å². The lowest BCUT2D eigenvalue weighted by molar-refractivity contribution is 0.235. The molecule has 3 rings (SSSR count). The van der Waals surface area contributed by atoms with Crippen molar-refractivity contribution < 1.29 is 13.2 Å². The van der Waals surface area contributed by atoms with Crippen LogP contribution in [0.4, 0.5) is 4.79 Å². The van der Waals surface area contributed by atoms with Crippen LogP contribution in [-0.4, -0.2) is 45.5 Å². The molecule has 2 aromatic rings. The first kappa shape index (κ1) is 21.3. The van der Waals surface area contributed by atoms with Gasteiger partial charge in [0.05, 0.1) is 5.75 Å². The molecule has 156 valence electrons. The molecular formula is C21H28N4O3S. The predicted octanol–water partition coefficient (Wildman–Crippen LogP) is 1.81. The van der Waals surface area contributed by atoms with Crippen molar-refractivity contribution in [2.75, 3.05) is 20.1 Å². The van der Waals surface area contributed by atoms with E-state index in [1.807, 2.05) is 24.3 Å². The van der Waals surface area contributed by atoms with E-state index in [1.165, 1.54) is 12.6 Å². The molecule has 0 radical (unpaired) electrons. The van der Waals surface area contributed by atoms with Gasteiger partial charge in [-0.25, -0.2) is 17.9 Å². The Morgan fingerprint density at radius 3 is 2.55 bits per heavy atom. The topological polar surface area (TPSA) is 90.5 Å². The van der Waals surface area contributed by atoms with Crippen LogP contribution in [0.1, 0.15) is 23.1 Å². The molecule has 1 aliphatic rings. The summed E-state index contributed by atoms with van der Waals surface area (Å²) in [7, 11) is -1.92. The molecule has 2 amide bonds. The number of hydrogen-bond acceptors (Lipinski definition) is 4. The van der Waals surface area contributed by atoms with Crippen molar-refractivity contribution in [1.29, 1.82) is 0 Å². The standard InChI is InChI=1S/C21H28N4O3S/c1-22-29(27,28)16-19-9-5-8-18(12-19)13-23-21(26)24-20-10-11-25(15-20)14-17-6-3-2-4-7-17/h2-9,12,20,22H,10-11,13-16H2,1H3,(H2,23,24,26). The summed E-state index contributed by atoms with van der Waals surface area (Å²) in [6.07, 6.45) is 0.928. The van der Waals surface area contributed by atoms with Crippen molar-refractivity contribution in [3.63, 3.8) is 0 Å². The first-order valence-electron chi connectivity index (χ1n) is 9.73. The van der Waals surface area contributed by atoms with Gasteiger partial charge in [-0.15, -0.1) is 0 Å². The number of sulfonamides is 1. The van der Waals surface area contributed by atoms with E-state index in [2.05, 4.69) is 32.4 Å². The Morgan fingerprint density at radius 2 is 1.79 bits per heavy atom. The van der Waals surface area contributed by atoms with Gasteiger partial charge in [0.1, 0.15) is 0 Å². The molecule has 0 aromatic heterocycles. The van der Waals surface area contributed by atoms with Crippen LogP contribution in [0.25, 0.3) is 0 Å². The van der Waals surface area contributed by atoms with E-state index in [9.17, 15) is 13.2 Å². The summed E-state index contributed by atoms with van der Waals surface area (Å²) >= 11 is 0. The number of rotatable bonds is 8. The van der Waals surface area contributed by atoms with Gasteiger partial charge in [-0.05, 0) is 30.2 Å². The van der Waals surface area contributed by atoms with E-state index in [1.54, 1.807) is 18.2 Å². The summed E-state index contributed by atoms with van der Waals surface area (Å²) in [6, 6.07) is 17.5. The molecule has 0 bridgehead atoms. The van der Waals surface area contributed by atoms with Gasteiger partial charge < -0.3 is 10.6 Å². The fraction of sp³-hybridized carbons (Fsp3) is 0.381. The van der Waals surface area contributed by atoms with Gasteiger partial charge >= 0.3 is 6.03 Å². The molecule has 1 heterocycles. The Bertz CT molecular complexity index is 919. The summed E-state index contributed by atoms with van der Waals surface area (Å²) in [5, 5.41) is 5.89. The lowest BCUT2D eigenvalue weighted by Crippen LogP contribution is -2.43. The molecule has 8 heteroatoms. The summed E-state index contributed by atoms with van der Waals surface area (Å²) in [5.74, 6) is -0.0805. The van der Waals surface area contributed by atoms with Crippen LogP contribution in [0.3, 0.4) is 0 Å². The molecule has 0 saturated carbocycles. The molecular weight excluding hydrogens is 388 g/mol. The van der Waals surface area contributed by atoms with Gasteiger partial charge in [-0.3, -0.25) is 4.90 Å². The Morgan fingerprint density at radius 1 is 1.07 bits per heavy atom. The van der Waals surface area contributed by atoms with E-state index >= 15 is 0 Å². The van der Waals surface area contributed by atoms with Gasteiger partial charge in [0, 0.05) is 32.2 Å². The molecule has 29 heavy (non-hydrogen) atoms. The number of urea groups is 1. The zero-order valence-corrected chi connectivity index (χ0v) is 17.4. The number of amides is 2. The van der Waals surface area contributed by atoms with Crippen molar-refractivity contribution in [2.45, 2.75) is 31.3 Å². The Hall–Kier alpha value is -2.42. The molecule has 1 atom stereocenters. The molecule has 0 spiro atoms. The number of likely N-dealkylation sites (tertiary alicyclic amines) is 1. The maximum atomic E-state index is 12.3. The lowest BCUT2D eigenvalue weighted by atomic mass is 10.1. The number of nitrogens with zero attached hydrogens (tertiary/aromatic N) is 1. The quantitative estimate of drug-likeness (QED) is 0.612. The van der Waals surface area contributed by atoms with E-state index in [0.29, 0.717) is 12.1 Å². The van der Waals surface area contributed by atoms with Crippen molar-refractivity contribution in [3.8, 4) is 0 Å². The minimum Gasteiger partial charge on any atom is -0.334 e. The average molecular weight is 417 g/mol. The third-order valence-electron chi connectivity index (χ3n) is 4.97. The Labute approximate surface area is 172 Å². The molecule has 3 N–H and O–H groups in total. The van der Waals surface area contributed by atoms with Crippen LogP contribution in [0.15, 0.2) is 54.6 Å². The minimum absolute atomic E-state index is 0.0805. The van der Waals surface area contributed by atoms with Crippen LogP contribution >= 0.6 is 0 Å². The van der Waals surface area contributed by atoms with E-state index in [-0.39, 0.29) is 17.8 Å². The van der Waals surface area contributed by atoms with Crippen LogP contribution < -0.4 is 15.4 Å². The number of carbonyl (C=O) groups is 1. The largest absolute Gasteiger partial charge is 0.334 e. The van der Waals surface area contributed by atoms with Gasteiger partial charge in [-0.1, -0.05) is 54.6 Å². The first-order valence-corrected chi connectivity index (χ1v) is 11.4. The lowest BCUT2D eigenvalue weighted by Gasteiger charge is -2.17. The Balaban J connectivity index is 1.43. The fourth-order valence-corrected chi connectivity index (χ4v) is 4.24. The monoisotopic (exact) mass is 416 g/mol. The van der Waals surface area contributed by atoms with E-state index in [4.69, 9.17) is 0 Å². The Kier molecular flexibility index (Phi) is 7.24. The number of hydrogen-bond donors (Lipinski definition) is 3. The second-order valence-corrected chi connectivity index (χ2v) is 9.24. The maximum Gasteiger partial charge on any atom is 0.315 e. The highest BCUT2D eigenvalue weighted by Gasteiger charge is 2.23.